The molecule has 3 rings (SSSR count). The second-order valence-electron chi connectivity index (χ2n) is 6.52. The Kier molecular flexibility index (Phi) is 5.59. The van der Waals surface area contributed by atoms with E-state index in [-0.39, 0.29) is 0 Å². The quantitative estimate of drug-likeness (QED) is 0.664. The molecule has 0 radical (unpaired) electrons. The molecule has 132 valence electrons. The highest BCUT2D eigenvalue weighted by atomic mass is 19.4. The van der Waals surface area contributed by atoms with Crippen molar-refractivity contribution < 1.29 is 13.2 Å². The molecule has 0 N–H and O–H groups in total. The molecular weight excluding hydrogens is 323 g/mol. The van der Waals surface area contributed by atoms with E-state index in [1.807, 2.05) is 6.07 Å². The number of hydrogen-bond acceptors (Lipinski definition) is 1. The Labute approximate surface area is 146 Å². The summed E-state index contributed by atoms with van der Waals surface area (Å²) >= 11 is 0. The van der Waals surface area contributed by atoms with Crippen LogP contribution in [-0.4, -0.2) is 18.0 Å². The smallest absolute Gasteiger partial charge is 0.298 e. The molecule has 1 aliphatic rings. The number of halogens is 3. The number of likely N-dealkylation sites (tertiary alicyclic amines) is 1. The van der Waals surface area contributed by atoms with E-state index in [4.69, 9.17) is 0 Å². The summed E-state index contributed by atoms with van der Waals surface area (Å²) in [6.45, 7) is 3.05. The molecular formula is C21H22F3N. The van der Waals surface area contributed by atoms with Gasteiger partial charge in [0.1, 0.15) is 0 Å². The van der Waals surface area contributed by atoms with Crippen LogP contribution in [0.1, 0.15) is 29.5 Å². The molecule has 1 heterocycles. The number of rotatable bonds is 4. The van der Waals surface area contributed by atoms with Crippen molar-refractivity contribution in [2.45, 2.75) is 32.0 Å². The summed E-state index contributed by atoms with van der Waals surface area (Å²) < 4.78 is 37.7. The minimum atomic E-state index is -4.26. The Morgan fingerprint density at radius 3 is 2.08 bits per heavy atom. The van der Waals surface area contributed by atoms with Gasteiger partial charge < -0.3 is 0 Å². The van der Waals surface area contributed by atoms with Crippen LogP contribution >= 0.6 is 0 Å². The summed E-state index contributed by atoms with van der Waals surface area (Å²) in [6, 6.07) is 15.9. The molecule has 2 aromatic rings. The molecule has 0 bridgehead atoms. The van der Waals surface area contributed by atoms with Gasteiger partial charge in [-0.15, -0.1) is 0 Å². The summed E-state index contributed by atoms with van der Waals surface area (Å²) in [5.74, 6) is 0. The van der Waals surface area contributed by atoms with E-state index < -0.39 is 11.7 Å². The van der Waals surface area contributed by atoms with Crippen molar-refractivity contribution in [3.63, 3.8) is 0 Å². The first-order valence-electron chi connectivity index (χ1n) is 8.61. The van der Waals surface area contributed by atoms with Gasteiger partial charge in [0.2, 0.25) is 0 Å². The van der Waals surface area contributed by atoms with Crippen LogP contribution < -0.4 is 0 Å². The van der Waals surface area contributed by atoms with Gasteiger partial charge in [-0.3, -0.25) is 4.90 Å². The van der Waals surface area contributed by atoms with Crippen molar-refractivity contribution in [1.82, 2.24) is 4.90 Å². The molecule has 1 nitrogen and oxygen atoms in total. The van der Waals surface area contributed by atoms with Crippen LogP contribution in [-0.2, 0) is 19.1 Å². The summed E-state index contributed by atoms with van der Waals surface area (Å²) in [4.78, 5) is 2.45. The predicted octanol–water partition coefficient (Wildman–Crippen LogP) is 5.47. The third kappa shape index (κ3) is 5.20. The molecule has 0 aliphatic carbocycles. The molecule has 1 aliphatic heterocycles. The fraction of sp³-hybridized carbons (Fsp3) is 0.333. The first kappa shape index (κ1) is 17.7. The van der Waals surface area contributed by atoms with Crippen LogP contribution in [0.15, 0.2) is 66.2 Å². The highest BCUT2D eigenvalue weighted by Crippen LogP contribution is 2.29. The maximum absolute atomic E-state index is 12.6. The van der Waals surface area contributed by atoms with E-state index in [0.29, 0.717) is 6.42 Å². The first-order valence-corrected chi connectivity index (χ1v) is 8.61. The van der Waals surface area contributed by atoms with E-state index in [1.165, 1.54) is 11.1 Å². The fourth-order valence-electron chi connectivity index (χ4n) is 3.14. The van der Waals surface area contributed by atoms with Gasteiger partial charge in [0.05, 0.1) is 5.56 Å². The number of allylic oxidation sites excluding steroid dienone is 1. The Hall–Kier alpha value is -2.07. The molecule has 2 aromatic carbocycles. The highest BCUT2D eigenvalue weighted by Gasteiger charge is 2.29. The summed E-state index contributed by atoms with van der Waals surface area (Å²) in [5.41, 5.74) is 3.08. The molecule has 1 saturated heterocycles. The van der Waals surface area contributed by atoms with Crippen molar-refractivity contribution in [3.05, 3.63) is 82.9 Å². The van der Waals surface area contributed by atoms with E-state index in [0.717, 1.165) is 50.2 Å². The summed E-state index contributed by atoms with van der Waals surface area (Å²) in [6.07, 6.45) is 0.693. The maximum atomic E-state index is 12.6. The molecule has 0 unspecified atom stereocenters. The molecule has 0 atom stereocenters. The monoisotopic (exact) mass is 345 g/mol. The van der Waals surface area contributed by atoms with Crippen LogP contribution in [0.4, 0.5) is 13.2 Å². The normalized spacial score (nSPS) is 16.0. The van der Waals surface area contributed by atoms with Gasteiger partial charge in [0.15, 0.2) is 0 Å². The molecule has 25 heavy (non-hydrogen) atoms. The van der Waals surface area contributed by atoms with Crippen LogP contribution in [0.25, 0.3) is 0 Å². The molecule has 0 amide bonds. The second kappa shape index (κ2) is 7.87. The van der Waals surface area contributed by atoms with Crippen LogP contribution in [0.5, 0.6) is 0 Å². The Balaban J connectivity index is 1.49. The van der Waals surface area contributed by atoms with Crippen molar-refractivity contribution >= 4 is 0 Å². The van der Waals surface area contributed by atoms with E-state index in [2.05, 4.69) is 35.2 Å². The van der Waals surface area contributed by atoms with E-state index in [1.54, 1.807) is 12.1 Å². The van der Waals surface area contributed by atoms with Crippen molar-refractivity contribution in [2.75, 3.05) is 13.1 Å². The zero-order chi connectivity index (χ0) is 17.7. The maximum Gasteiger partial charge on any atom is 0.416 e. The Morgan fingerprint density at radius 1 is 0.840 bits per heavy atom. The van der Waals surface area contributed by atoms with Gasteiger partial charge >= 0.3 is 6.18 Å². The summed E-state index contributed by atoms with van der Waals surface area (Å²) in [5, 5.41) is 0. The number of nitrogens with zero attached hydrogens (tertiary/aromatic N) is 1. The highest BCUT2D eigenvalue weighted by molar-refractivity contribution is 5.27. The van der Waals surface area contributed by atoms with E-state index in [9.17, 15) is 13.2 Å². The van der Waals surface area contributed by atoms with Crippen LogP contribution in [0.2, 0.25) is 0 Å². The molecule has 1 fully saturated rings. The second-order valence-corrected chi connectivity index (χ2v) is 6.52. The average molecular weight is 345 g/mol. The topological polar surface area (TPSA) is 3.24 Å². The van der Waals surface area contributed by atoms with Gasteiger partial charge in [-0.1, -0.05) is 54.1 Å². The molecule has 4 heteroatoms. The van der Waals surface area contributed by atoms with E-state index >= 15 is 0 Å². The lowest BCUT2D eigenvalue weighted by atomic mass is 10.00. The first-order chi connectivity index (χ1) is 12.0. The SMILES string of the molecule is FC(F)(F)c1ccc(CC=C2CCN(Cc3ccccc3)CC2)cc1. The van der Waals surface area contributed by atoms with Gasteiger partial charge in [0.25, 0.3) is 0 Å². The van der Waals surface area contributed by atoms with Crippen LogP contribution in [0.3, 0.4) is 0 Å². The van der Waals surface area contributed by atoms with Crippen molar-refractivity contribution in [1.29, 1.82) is 0 Å². The summed E-state index contributed by atoms with van der Waals surface area (Å²) in [7, 11) is 0. The zero-order valence-electron chi connectivity index (χ0n) is 14.1. The lowest BCUT2D eigenvalue weighted by molar-refractivity contribution is -0.137. The zero-order valence-corrected chi connectivity index (χ0v) is 14.1. The van der Waals surface area contributed by atoms with Gasteiger partial charge in [-0.2, -0.15) is 13.2 Å². The largest absolute Gasteiger partial charge is 0.416 e. The van der Waals surface area contributed by atoms with Gasteiger partial charge in [-0.25, -0.2) is 0 Å². The van der Waals surface area contributed by atoms with Crippen molar-refractivity contribution in [2.24, 2.45) is 0 Å². The van der Waals surface area contributed by atoms with Gasteiger partial charge in [-0.05, 0) is 42.5 Å². The third-order valence-corrected chi connectivity index (χ3v) is 4.65. The number of hydrogen-bond donors (Lipinski definition) is 0. The third-order valence-electron chi connectivity index (χ3n) is 4.65. The van der Waals surface area contributed by atoms with Gasteiger partial charge in [0, 0.05) is 19.6 Å². The lowest BCUT2D eigenvalue weighted by Crippen LogP contribution is -2.30. The Bertz CT molecular complexity index is 692. The minimum Gasteiger partial charge on any atom is -0.298 e. The number of piperidine rings is 1. The molecule has 0 aromatic heterocycles. The fourth-order valence-corrected chi connectivity index (χ4v) is 3.14. The lowest BCUT2D eigenvalue weighted by Gasteiger charge is -2.28. The molecule has 0 spiro atoms. The van der Waals surface area contributed by atoms with Crippen LogP contribution in [0, 0.1) is 0 Å². The average Bonchev–Trinajstić information content (AvgIpc) is 2.62. The standard InChI is InChI=1S/C21H22F3N/c22-21(23,24)20-10-8-17(9-11-20)6-7-18-12-14-25(15-13-18)16-19-4-2-1-3-5-19/h1-5,7-11H,6,12-16H2. The Morgan fingerprint density at radius 2 is 1.48 bits per heavy atom. The molecule has 0 saturated carbocycles. The number of benzene rings is 2. The number of alkyl halides is 3. The predicted molar refractivity (Wildman–Crippen MR) is 94.2 cm³/mol. The minimum absolute atomic E-state index is 0.585. The van der Waals surface area contributed by atoms with Crippen molar-refractivity contribution in [3.8, 4) is 0 Å².